The average Bonchev–Trinajstić information content (AvgIpc) is 3.23. The molecule has 0 unspecified atom stereocenters. The van der Waals surface area contributed by atoms with Crippen LogP contribution in [-0.4, -0.2) is 47.3 Å². The molecule has 0 saturated carbocycles. The molecule has 0 radical (unpaired) electrons. The summed E-state index contributed by atoms with van der Waals surface area (Å²) in [4.78, 5) is 14.3. The van der Waals surface area contributed by atoms with E-state index < -0.39 is 11.7 Å². The van der Waals surface area contributed by atoms with Crippen LogP contribution in [0, 0.1) is 5.92 Å². The van der Waals surface area contributed by atoms with E-state index in [1.165, 1.54) is 29.1 Å². The number of rotatable bonds is 4. The van der Waals surface area contributed by atoms with Gasteiger partial charge in [-0.3, -0.25) is 4.79 Å². The van der Waals surface area contributed by atoms with Crippen LogP contribution in [-0.2, 0) is 6.18 Å². The molecule has 1 atom stereocenters. The van der Waals surface area contributed by atoms with E-state index in [4.69, 9.17) is 0 Å². The molecular weight excluding hydrogens is 333 g/mol. The number of nitrogens with zero attached hydrogens (tertiary/aromatic N) is 3. The van der Waals surface area contributed by atoms with E-state index in [1.54, 1.807) is 4.90 Å². The topological polar surface area (TPSA) is 50.2 Å². The average molecular weight is 352 g/mol. The first kappa shape index (κ1) is 17.5. The molecule has 8 heteroatoms. The largest absolute Gasteiger partial charge is 0.416 e. The zero-order valence-electron chi connectivity index (χ0n) is 13.8. The zero-order valence-corrected chi connectivity index (χ0v) is 13.8. The van der Waals surface area contributed by atoms with Crippen LogP contribution in [0.25, 0.3) is 5.69 Å². The Morgan fingerprint density at radius 3 is 2.88 bits per heavy atom. The Bertz CT molecular complexity index is 756. The standard InChI is InChI=1S/C17H19F3N4O/c1-21-10-12-5-7-23(11-12)16(25)15-6-8-24(22-15)14-4-2-3-13(9-14)17(18,19)20/h2-4,6,8-9,12,21H,5,7,10-11H2,1H3/t12-/m1/s1. The number of carbonyl (C=O) groups excluding carboxylic acids is 1. The van der Waals surface area contributed by atoms with Crippen molar-refractivity contribution >= 4 is 5.91 Å². The number of benzene rings is 1. The first-order valence-corrected chi connectivity index (χ1v) is 8.05. The van der Waals surface area contributed by atoms with Crippen LogP contribution in [0.3, 0.4) is 0 Å². The number of hydrogen-bond donors (Lipinski definition) is 1. The summed E-state index contributed by atoms with van der Waals surface area (Å²) in [5.41, 5.74) is -0.242. The van der Waals surface area contributed by atoms with Gasteiger partial charge in [-0.2, -0.15) is 18.3 Å². The van der Waals surface area contributed by atoms with Crippen LogP contribution in [0.4, 0.5) is 13.2 Å². The van der Waals surface area contributed by atoms with Crippen LogP contribution in [0.15, 0.2) is 36.5 Å². The van der Waals surface area contributed by atoms with Gasteiger partial charge >= 0.3 is 6.18 Å². The van der Waals surface area contributed by atoms with Gasteiger partial charge in [0, 0.05) is 19.3 Å². The van der Waals surface area contributed by atoms with Gasteiger partial charge in [0.1, 0.15) is 0 Å². The molecular formula is C17H19F3N4O. The van der Waals surface area contributed by atoms with Crippen LogP contribution >= 0.6 is 0 Å². The lowest BCUT2D eigenvalue weighted by atomic mass is 10.1. The summed E-state index contributed by atoms with van der Waals surface area (Å²) in [6.45, 7) is 2.18. The lowest BCUT2D eigenvalue weighted by Crippen LogP contribution is -2.30. The molecule has 1 aromatic heterocycles. The minimum atomic E-state index is -4.42. The second-order valence-corrected chi connectivity index (χ2v) is 6.16. The number of halogens is 3. The summed E-state index contributed by atoms with van der Waals surface area (Å²) in [6, 6.07) is 6.40. The summed E-state index contributed by atoms with van der Waals surface area (Å²) in [5, 5.41) is 7.26. The Labute approximate surface area is 143 Å². The summed E-state index contributed by atoms with van der Waals surface area (Å²) in [7, 11) is 1.88. The smallest absolute Gasteiger partial charge is 0.337 e. The number of aromatic nitrogens is 2. The highest BCUT2D eigenvalue weighted by Gasteiger charge is 2.31. The van der Waals surface area contributed by atoms with Crippen LogP contribution < -0.4 is 5.32 Å². The second kappa shape index (κ2) is 6.87. The molecule has 1 amide bonds. The lowest BCUT2D eigenvalue weighted by molar-refractivity contribution is -0.137. The number of hydrogen-bond acceptors (Lipinski definition) is 3. The molecule has 1 fully saturated rings. The number of amides is 1. The molecule has 1 saturated heterocycles. The highest BCUT2D eigenvalue weighted by atomic mass is 19.4. The van der Waals surface area contributed by atoms with Crippen LogP contribution in [0.5, 0.6) is 0 Å². The normalized spacial score (nSPS) is 17.9. The number of nitrogens with one attached hydrogen (secondary N) is 1. The summed E-state index contributed by atoms with van der Waals surface area (Å²) >= 11 is 0. The van der Waals surface area contributed by atoms with E-state index in [2.05, 4.69) is 10.4 Å². The fraction of sp³-hybridized carbons (Fsp3) is 0.412. The third-order valence-corrected chi connectivity index (χ3v) is 4.31. The van der Waals surface area contributed by atoms with Gasteiger partial charge in [-0.25, -0.2) is 4.68 Å². The minimum absolute atomic E-state index is 0.190. The van der Waals surface area contributed by atoms with Crippen molar-refractivity contribution in [2.24, 2.45) is 5.92 Å². The number of alkyl halides is 3. The van der Waals surface area contributed by atoms with Crippen molar-refractivity contribution in [2.45, 2.75) is 12.6 Å². The Kier molecular flexibility index (Phi) is 4.80. The van der Waals surface area contributed by atoms with E-state index >= 15 is 0 Å². The molecule has 2 aromatic rings. The highest BCUT2D eigenvalue weighted by molar-refractivity contribution is 5.92. The first-order valence-electron chi connectivity index (χ1n) is 8.05. The molecule has 2 heterocycles. The molecule has 5 nitrogen and oxygen atoms in total. The van der Waals surface area contributed by atoms with Gasteiger partial charge < -0.3 is 10.2 Å². The molecule has 0 bridgehead atoms. The van der Waals surface area contributed by atoms with Crippen molar-refractivity contribution in [1.29, 1.82) is 0 Å². The lowest BCUT2D eigenvalue weighted by Gasteiger charge is -2.15. The van der Waals surface area contributed by atoms with Crippen molar-refractivity contribution in [2.75, 3.05) is 26.7 Å². The van der Waals surface area contributed by atoms with Crippen molar-refractivity contribution in [1.82, 2.24) is 20.0 Å². The maximum absolute atomic E-state index is 12.8. The summed E-state index contributed by atoms with van der Waals surface area (Å²) in [6.07, 6.45) is -1.98. The molecule has 3 rings (SSSR count). The van der Waals surface area contributed by atoms with Gasteiger partial charge in [-0.15, -0.1) is 0 Å². The van der Waals surface area contributed by atoms with Gasteiger partial charge in [-0.05, 0) is 50.2 Å². The van der Waals surface area contributed by atoms with Crippen molar-refractivity contribution in [3.8, 4) is 5.69 Å². The van der Waals surface area contributed by atoms with Gasteiger partial charge in [-0.1, -0.05) is 6.07 Å². The van der Waals surface area contributed by atoms with E-state index in [1.807, 2.05) is 7.05 Å². The van der Waals surface area contributed by atoms with Gasteiger partial charge in [0.25, 0.3) is 5.91 Å². The molecule has 1 aromatic carbocycles. The van der Waals surface area contributed by atoms with E-state index in [0.29, 0.717) is 19.0 Å². The maximum Gasteiger partial charge on any atom is 0.416 e. The molecule has 25 heavy (non-hydrogen) atoms. The maximum atomic E-state index is 12.8. The molecule has 1 aliphatic rings. The highest BCUT2D eigenvalue weighted by Crippen LogP contribution is 2.30. The van der Waals surface area contributed by atoms with E-state index in [9.17, 15) is 18.0 Å². The van der Waals surface area contributed by atoms with Gasteiger partial charge in [0.2, 0.25) is 0 Å². The fourth-order valence-corrected chi connectivity index (χ4v) is 3.04. The van der Waals surface area contributed by atoms with Crippen molar-refractivity contribution < 1.29 is 18.0 Å². The Morgan fingerprint density at radius 2 is 2.16 bits per heavy atom. The van der Waals surface area contributed by atoms with Gasteiger partial charge in [0.15, 0.2) is 5.69 Å². The summed E-state index contributed by atoms with van der Waals surface area (Å²) < 4.78 is 39.8. The molecule has 0 aliphatic carbocycles. The summed E-state index contributed by atoms with van der Waals surface area (Å²) in [5.74, 6) is 0.226. The Balaban J connectivity index is 1.76. The van der Waals surface area contributed by atoms with Crippen molar-refractivity contribution in [3.05, 3.63) is 47.8 Å². The molecule has 1 aliphatic heterocycles. The fourth-order valence-electron chi connectivity index (χ4n) is 3.04. The van der Waals surface area contributed by atoms with E-state index in [0.717, 1.165) is 25.1 Å². The number of carbonyl (C=O) groups is 1. The minimum Gasteiger partial charge on any atom is -0.337 e. The third-order valence-electron chi connectivity index (χ3n) is 4.31. The predicted molar refractivity (Wildman–Crippen MR) is 86.5 cm³/mol. The molecule has 134 valence electrons. The van der Waals surface area contributed by atoms with Crippen LogP contribution in [0.1, 0.15) is 22.5 Å². The second-order valence-electron chi connectivity index (χ2n) is 6.16. The third kappa shape index (κ3) is 3.84. The number of likely N-dealkylation sites (tertiary alicyclic amines) is 1. The Morgan fingerprint density at radius 1 is 1.36 bits per heavy atom. The monoisotopic (exact) mass is 352 g/mol. The quantitative estimate of drug-likeness (QED) is 0.920. The van der Waals surface area contributed by atoms with E-state index in [-0.39, 0.29) is 17.3 Å². The zero-order chi connectivity index (χ0) is 18.0. The SMILES string of the molecule is CNC[C@H]1CCN(C(=O)c2ccn(-c3cccc(C(F)(F)F)c3)n2)C1. The van der Waals surface area contributed by atoms with Gasteiger partial charge in [0.05, 0.1) is 11.3 Å². The molecule has 1 N–H and O–H groups in total. The van der Waals surface area contributed by atoms with Crippen LogP contribution in [0.2, 0.25) is 0 Å². The first-order chi connectivity index (χ1) is 11.9. The molecule has 0 spiro atoms. The van der Waals surface area contributed by atoms with Crippen molar-refractivity contribution in [3.63, 3.8) is 0 Å². The predicted octanol–water partition coefficient (Wildman–Crippen LogP) is 2.57. The Hall–Kier alpha value is -2.35.